The van der Waals surface area contributed by atoms with Crippen LogP contribution in [0.25, 0.3) is 0 Å². The second-order valence-electron chi connectivity index (χ2n) is 3.27. The first-order valence-corrected chi connectivity index (χ1v) is 5.01. The summed E-state index contributed by atoms with van der Waals surface area (Å²) in [5.74, 6) is 0.559. The molecule has 0 heterocycles. The third-order valence-corrected chi connectivity index (χ3v) is 1.41. The SMILES string of the molecule is CCOC(COCC(C)C)OCC. The molecule has 0 radical (unpaired) electrons. The van der Waals surface area contributed by atoms with Crippen molar-refractivity contribution in [1.29, 1.82) is 0 Å². The van der Waals surface area contributed by atoms with Crippen molar-refractivity contribution in [2.75, 3.05) is 26.4 Å². The van der Waals surface area contributed by atoms with Crippen molar-refractivity contribution >= 4 is 0 Å². The zero-order valence-corrected chi connectivity index (χ0v) is 9.21. The molecule has 3 nitrogen and oxygen atoms in total. The van der Waals surface area contributed by atoms with Crippen LogP contribution in [0, 0.1) is 5.92 Å². The van der Waals surface area contributed by atoms with Crippen molar-refractivity contribution in [3.8, 4) is 0 Å². The van der Waals surface area contributed by atoms with Gasteiger partial charge in [-0.05, 0) is 19.8 Å². The summed E-state index contributed by atoms with van der Waals surface area (Å²) in [6.45, 7) is 10.8. The van der Waals surface area contributed by atoms with Gasteiger partial charge in [0.2, 0.25) is 0 Å². The second-order valence-corrected chi connectivity index (χ2v) is 3.27. The molecule has 0 spiro atoms. The van der Waals surface area contributed by atoms with Crippen molar-refractivity contribution in [2.45, 2.75) is 34.0 Å². The molecule has 0 amide bonds. The van der Waals surface area contributed by atoms with E-state index in [1.807, 2.05) is 13.8 Å². The fourth-order valence-corrected chi connectivity index (χ4v) is 0.916. The molecular weight excluding hydrogens is 168 g/mol. The molecule has 0 rings (SSSR count). The molecule has 3 heteroatoms. The second kappa shape index (κ2) is 8.48. The summed E-state index contributed by atoms with van der Waals surface area (Å²) in [6.07, 6.45) is -0.200. The molecule has 0 saturated heterocycles. The van der Waals surface area contributed by atoms with Gasteiger partial charge in [-0.25, -0.2) is 0 Å². The van der Waals surface area contributed by atoms with Crippen molar-refractivity contribution in [2.24, 2.45) is 5.92 Å². The van der Waals surface area contributed by atoms with E-state index in [1.165, 1.54) is 0 Å². The van der Waals surface area contributed by atoms with Gasteiger partial charge in [-0.1, -0.05) is 13.8 Å². The highest BCUT2D eigenvalue weighted by atomic mass is 16.7. The van der Waals surface area contributed by atoms with E-state index in [9.17, 15) is 0 Å². The van der Waals surface area contributed by atoms with Crippen LogP contribution in [-0.4, -0.2) is 32.7 Å². The van der Waals surface area contributed by atoms with E-state index < -0.39 is 0 Å². The highest BCUT2D eigenvalue weighted by Gasteiger charge is 2.07. The van der Waals surface area contributed by atoms with Gasteiger partial charge in [0.25, 0.3) is 0 Å². The standard InChI is InChI=1S/C10H22O3/c1-5-12-10(13-6-2)8-11-7-9(3)4/h9-10H,5-8H2,1-4H3. The molecule has 0 aliphatic carbocycles. The van der Waals surface area contributed by atoms with Gasteiger partial charge < -0.3 is 14.2 Å². The molecule has 80 valence electrons. The fourth-order valence-electron chi connectivity index (χ4n) is 0.916. The molecular formula is C10H22O3. The summed E-state index contributed by atoms with van der Waals surface area (Å²) in [5.41, 5.74) is 0. The zero-order valence-electron chi connectivity index (χ0n) is 9.21. The average Bonchev–Trinajstić information content (AvgIpc) is 2.04. The molecule has 0 N–H and O–H groups in total. The van der Waals surface area contributed by atoms with Crippen LogP contribution in [0.15, 0.2) is 0 Å². The lowest BCUT2D eigenvalue weighted by molar-refractivity contribution is -0.168. The van der Waals surface area contributed by atoms with E-state index in [-0.39, 0.29) is 6.29 Å². The van der Waals surface area contributed by atoms with E-state index in [0.29, 0.717) is 25.7 Å². The molecule has 0 atom stereocenters. The molecule has 13 heavy (non-hydrogen) atoms. The van der Waals surface area contributed by atoms with Crippen LogP contribution in [0.2, 0.25) is 0 Å². The van der Waals surface area contributed by atoms with Crippen LogP contribution < -0.4 is 0 Å². The Morgan fingerprint density at radius 2 is 1.46 bits per heavy atom. The monoisotopic (exact) mass is 190 g/mol. The summed E-state index contributed by atoms with van der Waals surface area (Å²) >= 11 is 0. The maximum absolute atomic E-state index is 5.41. The summed E-state index contributed by atoms with van der Waals surface area (Å²) in [6, 6.07) is 0. The minimum Gasteiger partial charge on any atom is -0.376 e. The van der Waals surface area contributed by atoms with Crippen LogP contribution in [-0.2, 0) is 14.2 Å². The maximum Gasteiger partial charge on any atom is 0.180 e. The summed E-state index contributed by atoms with van der Waals surface area (Å²) in [5, 5.41) is 0. The van der Waals surface area contributed by atoms with Crippen LogP contribution >= 0.6 is 0 Å². The number of hydrogen-bond acceptors (Lipinski definition) is 3. The van der Waals surface area contributed by atoms with Gasteiger partial charge in [0.15, 0.2) is 6.29 Å². The van der Waals surface area contributed by atoms with E-state index in [1.54, 1.807) is 0 Å². The molecule has 0 aliphatic heterocycles. The highest BCUT2D eigenvalue weighted by molar-refractivity contribution is 4.44. The first kappa shape index (κ1) is 12.9. The van der Waals surface area contributed by atoms with Gasteiger partial charge in [0, 0.05) is 19.8 Å². The molecule has 0 saturated carbocycles. The third kappa shape index (κ3) is 8.22. The highest BCUT2D eigenvalue weighted by Crippen LogP contribution is 1.99. The Kier molecular flexibility index (Phi) is 8.40. The molecule has 0 bridgehead atoms. The molecule has 0 fully saturated rings. The average molecular weight is 190 g/mol. The van der Waals surface area contributed by atoms with Crippen LogP contribution in [0.4, 0.5) is 0 Å². The van der Waals surface area contributed by atoms with Gasteiger partial charge >= 0.3 is 0 Å². The minimum absolute atomic E-state index is 0.200. The molecule has 0 unspecified atom stereocenters. The van der Waals surface area contributed by atoms with Gasteiger partial charge in [-0.15, -0.1) is 0 Å². The van der Waals surface area contributed by atoms with Gasteiger partial charge in [0.05, 0.1) is 6.61 Å². The summed E-state index contributed by atoms with van der Waals surface area (Å²) < 4.78 is 16.0. The van der Waals surface area contributed by atoms with Crippen molar-refractivity contribution in [1.82, 2.24) is 0 Å². The lowest BCUT2D eigenvalue weighted by atomic mass is 10.2. The lowest BCUT2D eigenvalue weighted by Crippen LogP contribution is -2.24. The Hall–Kier alpha value is -0.120. The first-order valence-electron chi connectivity index (χ1n) is 5.01. The predicted molar refractivity (Wildman–Crippen MR) is 52.7 cm³/mol. The van der Waals surface area contributed by atoms with Crippen LogP contribution in [0.5, 0.6) is 0 Å². The Morgan fingerprint density at radius 3 is 1.85 bits per heavy atom. The fraction of sp³-hybridized carbons (Fsp3) is 1.00. The summed E-state index contributed by atoms with van der Waals surface area (Å²) in [7, 11) is 0. The molecule has 0 aromatic carbocycles. The van der Waals surface area contributed by atoms with Gasteiger partial charge in [-0.3, -0.25) is 0 Å². The van der Waals surface area contributed by atoms with Crippen molar-refractivity contribution in [3.63, 3.8) is 0 Å². The Labute approximate surface area is 81.4 Å². The van der Waals surface area contributed by atoms with Crippen LogP contribution in [0.3, 0.4) is 0 Å². The lowest BCUT2D eigenvalue weighted by Gasteiger charge is -2.17. The largest absolute Gasteiger partial charge is 0.376 e. The smallest absolute Gasteiger partial charge is 0.180 e. The quantitative estimate of drug-likeness (QED) is 0.548. The Balaban J connectivity index is 3.44. The Morgan fingerprint density at radius 1 is 0.923 bits per heavy atom. The van der Waals surface area contributed by atoms with Crippen LogP contribution in [0.1, 0.15) is 27.7 Å². The van der Waals surface area contributed by atoms with E-state index in [0.717, 1.165) is 6.61 Å². The predicted octanol–water partition coefficient (Wildman–Crippen LogP) is 2.06. The topological polar surface area (TPSA) is 27.7 Å². The first-order chi connectivity index (χ1) is 6.20. The van der Waals surface area contributed by atoms with E-state index in [2.05, 4.69) is 13.8 Å². The molecule has 0 aromatic heterocycles. The van der Waals surface area contributed by atoms with Crippen molar-refractivity contribution < 1.29 is 14.2 Å². The number of hydrogen-bond donors (Lipinski definition) is 0. The molecule has 0 aliphatic rings. The van der Waals surface area contributed by atoms with Gasteiger partial charge in [0.1, 0.15) is 0 Å². The Bertz CT molecular complexity index is 98.3. The van der Waals surface area contributed by atoms with E-state index in [4.69, 9.17) is 14.2 Å². The van der Waals surface area contributed by atoms with Crippen molar-refractivity contribution in [3.05, 3.63) is 0 Å². The van der Waals surface area contributed by atoms with E-state index >= 15 is 0 Å². The minimum atomic E-state index is -0.200. The number of rotatable bonds is 8. The maximum atomic E-state index is 5.41. The van der Waals surface area contributed by atoms with Gasteiger partial charge in [-0.2, -0.15) is 0 Å². The normalized spacial score (nSPS) is 11.5. The summed E-state index contributed by atoms with van der Waals surface area (Å²) in [4.78, 5) is 0. The third-order valence-electron chi connectivity index (χ3n) is 1.41. The molecule has 0 aromatic rings. The zero-order chi connectivity index (χ0) is 10.1. The number of ether oxygens (including phenoxy) is 3.